The highest BCUT2D eigenvalue weighted by atomic mass is 32.2. The van der Waals surface area contributed by atoms with Crippen molar-refractivity contribution in [3.8, 4) is 0 Å². The molecule has 5 nitrogen and oxygen atoms in total. The molecule has 4 rings (SSSR count). The summed E-state index contributed by atoms with van der Waals surface area (Å²) in [6, 6.07) is 8.60. The lowest BCUT2D eigenvalue weighted by Gasteiger charge is -2.32. The molecule has 1 atom stereocenters. The Morgan fingerprint density at radius 2 is 2.08 bits per heavy atom. The van der Waals surface area contributed by atoms with Gasteiger partial charge in [-0.3, -0.25) is 4.98 Å². The Labute approximate surface area is 139 Å². The average molecular weight is 345 g/mol. The second-order valence-corrected chi connectivity index (χ2v) is 7.83. The van der Waals surface area contributed by atoms with Gasteiger partial charge in [-0.1, -0.05) is 18.2 Å². The van der Waals surface area contributed by atoms with Crippen molar-refractivity contribution in [3.63, 3.8) is 0 Å². The highest BCUT2D eigenvalue weighted by Gasteiger charge is 2.36. The summed E-state index contributed by atoms with van der Waals surface area (Å²) in [7, 11) is -3.80. The summed E-state index contributed by atoms with van der Waals surface area (Å²) in [5, 5.41) is 1.13. The number of aromatic amines is 1. The van der Waals surface area contributed by atoms with Crippen LogP contribution in [0.5, 0.6) is 0 Å². The van der Waals surface area contributed by atoms with Crippen LogP contribution in [0.2, 0.25) is 0 Å². The number of halogens is 1. The fourth-order valence-corrected chi connectivity index (χ4v) is 4.98. The third-order valence-corrected chi connectivity index (χ3v) is 6.50. The maximum Gasteiger partial charge on any atom is 0.245 e. The maximum atomic E-state index is 13.4. The van der Waals surface area contributed by atoms with Crippen LogP contribution in [0, 0.1) is 5.82 Å². The molecule has 0 amide bonds. The minimum Gasteiger partial charge on any atom is -0.357 e. The number of pyridine rings is 1. The highest BCUT2D eigenvalue weighted by molar-refractivity contribution is 7.89. The lowest BCUT2D eigenvalue weighted by atomic mass is 10.0. The van der Waals surface area contributed by atoms with Crippen molar-refractivity contribution >= 4 is 20.9 Å². The number of aromatic nitrogens is 2. The Morgan fingerprint density at radius 1 is 1.29 bits per heavy atom. The molecule has 2 aromatic heterocycles. The molecule has 0 radical (unpaired) electrons. The van der Waals surface area contributed by atoms with Gasteiger partial charge in [0.1, 0.15) is 10.7 Å². The summed E-state index contributed by atoms with van der Waals surface area (Å²) in [4.78, 5) is 6.88. The van der Waals surface area contributed by atoms with Crippen LogP contribution in [0.4, 0.5) is 4.39 Å². The van der Waals surface area contributed by atoms with Crippen molar-refractivity contribution in [1.29, 1.82) is 0 Å². The third kappa shape index (κ3) is 2.23. The molecule has 0 saturated carbocycles. The van der Waals surface area contributed by atoms with Gasteiger partial charge in [-0.05, 0) is 31.0 Å². The molecule has 0 bridgehead atoms. The number of H-pyrrole nitrogens is 1. The summed E-state index contributed by atoms with van der Waals surface area (Å²) in [5.41, 5.74) is 3.05. The van der Waals surface area contributed by atoms with E-state index in [2.05, 4.69) is 9.97 Å². The van der Waals surface area contributed by atoms with Crippen LogP contribution in [0.15, 0.2) is 47.6 Å². The smallest absolute Gasteiger partial charge is 0.245 e. The summed E-state index contributed by atoms with van der Waals surface area (Å²) in [6.07, 6.45) is 2.80. The molecule has 1 aliphatic rings. The summed E-state index contributed by atoms with van der Waals surface area (Å²) in [6.45, 7) is 2.20. The van der Waals surface area contributed by atoms with Gasteiger partial charge in [-0.25, -0.2) is 12.8 Å². The van der Waals surface area contributed by atoms with Crippen molar-refractivity contribution in [2.75, 3.05) is 6.54 Å². The molecule has 1 aromatic carbocycles. The second-order valence-electron chi connectivity index (χ2n) is 5.94. The molecule has 3 aromatic rings. The predicted octanol–water partition coefficient (Wildman–Crippen LogP) is 3.01. The number of hydrogen-bond donors (Lipinski definition) is 1. The predicted molar refractivity (Wildman–Crippen MR) is 88.5 cm³/mol. The fraction of sp³-hybridized carbons (Fsp3) is 0.235. The van der Waals surface area contributed by atoms with Gasteiger partial charge in [0.15, 0.2) is 0 Å². The Hall–Kier alpha value is -2.25. The lowest BCUT2D eigenvalue weighted by molar-refractivity contribution is 0.322. The number of nitrogens with one attached hydrogen (secondary N) is 1. The molecule has 24 heavy (non-hydrogen) atoms. The third-order valence-electron chi connectivity index (χ3n) is 4.56. The molecular formula is C17H16FN3O2S. The average Bonchev–Trinajstić information content (AvgIpc) is 2.95. The monoisotopic (exact) mass is 345 g/mol. The Balaban J connectivity index is 1.79. The van der Waals surface area contributed by atoms with Crippen molar-refractivity contribution in [2.45, 2.75) is 24.3 Å². The topological polar surface area (TPSA) is 66.1 Å². The molecule has 124 valence electrons. The minimum atomic E-state index is -3.80. The van der Waals surface area contributed by atoms with Gasteiger partial charge < -0.3 is 4.98 Å². The van der Waals surface area contributed by atoms with Gasteiger partial charge in [-0.2, -0.15) is 4.31 Å². The van der Waals surface area contributed by atoms with E-state index in [-0.39, 0.29) is 10.9 Å². The molecule has 7 heteroatoms. The number of para-hydroxylation sites is 1. The van der Waals surface area contributed by atoms with Crippen LogP contribution in [-0.4, -0.2) is 29.2 Å². The first-order chi connectivity index (χ1) is 11.5. The zero-order valence-electron chi connectivity index (χ0n) is 13.0. The molecule has 1 aliphatic heterocycles. The van der Waals surface area contributed by atoms with Crippen molar-refractivity contribution in [1.82, 2.24) is 14.3 Å². The number of hydrogen-bond acceptors (Lipinski definition) is 3. The number of nitrogens with zero attached hydrogens (tertiary/aromatic N) is 2. The SMILES string of the molecule is C[C@@H]1c2[nH]c3ccccc3c2CCN1S(=O)(=O)c1cncc(F)c1. The zero-order chi connectivity index (χ0) is 16.9. The first kappa shape index (κ1) is 15.3. The quantitative estimate of drug-likeness (QED) is 0.776. The summed E-state index contributed by atoms with van der Waals surface area (Å²) < 4.78 is 40.6. The van der Waals surface area contributed by atoms with E-state index in [1.807, 2.05) is 31.2 Å². The van der Waals surface area contributed by atoms with Crippen LogP contribution in [0.25, 0.3) is 10.9 Å². The van der Waals surface area contributed by atoms with Crippen LogP contribution in [0.1, 0.15) is 24.2 Å². The molecule has 3 heterocycles. The van der Waals surface area contributed by atoms with E-state index >= 15 is 0 Å². The number of benzene rings is 1. The van der Waals surface area contributed by atoms with Gasteiger partial charge >= 0.3 is 0 Å². The van der Waals surface area contributed by atoms with Crippen LogP contribution >= 0.6 is 0 Å². The van der Waals surface area contributed by atoms with Gasteiger partial charge in [0.05, 0.1) is 12.2 Å². The zero-order valence-corrected chi connectivity index (χ0v) is 13.8. The van der Waals surface area contributed by atoms with E-state index in [4.69, 9.17) is 0 Å². The number of sulfonamides is 1. The normalized spacial score (nSPS) is 18.7. The van der Waals surface area contributed by atoms with E-state index in [9.17, 15) is 12.8 Å². The second kappa shape index (κ2) is 5.39. The van der Waals surface area contributed by atoms with Gasteiger partial charge in [-0.15, -0.1) is 0 Å². The summed E-state index contributed by atoms with van der Waals surface area (Å²) in [5.74, 6) is -0.660. The van der Waals surface area contributed by atoms with Gasteiger partial charge in [0.2, 0.25) is 10.0 Å². The standard InChI is InChI=1S/C17H16FN3O2S/c1-11-17-15(14-4-2-3-5-16(14)20-17)6-7-21(11)24(22,23)13-8-12(18)9-19-10-13/h2-5,8-11,20H,6-7H2,1H3/t11-/m1/s1. The molecule has 1 N–H and O–H groups in total. The Bertz CT molecular complexity index is 1030. The first-order valence-corrected chi connectivity index (χ1v) is 9.14. The molecule has 0 spiro atoms. The Morgan fingerprint density at radius 3 is 2.88 bits per heavy atom. The first-order valence-electron chi connectivity index (χ1n) is 7.70. The maximum absolute atomic E-state index is 13.4. The van der Waals surface area contributed by atoms with Crippen LogP contribution < -0.4 is 0 Å². The van der Waals surface area contributed by atoms with Crippen LogP contribution in [-0.2, 0) is 16.4 Å². The van der Waals surface area contributed by atoms with Gasteiger partial charge in [0, 0.05) is 29.3 Å². The van der Waals surface area contributed by atoms with E-state index in [0.29, 0.717) is 13.0 Å². The van der Waals surface area contributed by atoms with E-state index < -0.39 is 15.8 Å². The minimum absolute atomic E-state index is 0.117. The van der Waals surface area contributed by atoms with E-state index in [1.54, 1.807) is 0 Å². The fourth-order valence-electron chi connectivity index (χ4n) is 3.40. The van der Waals surface area contributed by atoms with E-state index in [1.165, 1.54) is 10.5 Å². The molecule has 0 aliphatic carbocycles. The molecule has 0 saturated heterocycles. The van der Waals surface area contributed by atoms with Crippen molar-refractivity contribution in [3.05, 3.63) is 59.8 Å². The molecule has 0 fully saturated rings. The van der Waals surface area contributed by atoms with Crippen molar-refractivity contribution < 1.29 is 12.8 Å². The lowest BCUT2D eigenvalue weighted by Crippen LogP contribution is -2.38. The van der Waals surface area contributed by atoms with Gasteiger partial charge in [0.25, 0.3) is 0 Å². The van der Waals surface area contributed by atoms with E-state index in [0.717, 1.165) is 34.4 Å². The molecule has 0 unspecified atom stereocenters. The largest absolute Gasteiger partial charge is 0.357 e. The number of fused-ring (bicyclic) bond motifs is 3. The number of rotatable bonds is 2. The molecular weight excluding hydrogens is 329 g/mol. The van der Waals surface area contributed by atoms with Crippen molar-refractivity contribution in [2.24, 2.45) is 0 Å². The highest BCUT2D eigenvalue weighted by Crippen LogP contribution is 2.36. The summed E-state index contributed by atoms with van der Waals surface area (Å²) >= 11 is 0. The Kier molecular flexibility index (Phi) is 3.43. The van der Waals surface area contributed by atoms with Crippen LogP contribution in [0.3, 0.4) is 0 Å².